The molecule has 0 spiro atoms. The second-order valence-electron chi connectivity index (χ2n) is 5.05. The summed E-state index contributed by atoms with van der Waals surface area (Å²) in [4.78, 5) is 23.6. The van der Waals surface area contributed by atoms with Crippen LogP contribution in [0.1, 0.15) is 11.1 Å². The monoisotopic (exact) mass is 385 g/mol. The summed E-state index contributed by atoms with van der Waals surface area (Å²) < 4.78 is 4.94. The lowest BCUT2D eigenvalue weighted by Gasteiger charge is -2.09. The predicted octanol–water partition coefficient (Wildman–Crippen LogP) is 4.68. The number of benzene rings is 2. The average Bonchev–Trinajstić information content (AvgIpc) is 2.53. The molecule has 0 heterocycles. The van der Waals surface area contributed by atoms with Gasteiger partial charge in [-0.25, -0.2) is 0 Å². The fourth-order valence-corrected chi connectivity index (χ4v) is 2.62. The van der Waals surface area contributed by atoms with Gasteiger partial charge in [0.05, 0.1) is 6.42 Å². The molecule has 0 unspecified atom stereocenters. The fraction of sp³-hybridized carbons (Fsp3) is 0.176. The van der Waals surface area contributed by atoms with Crippen LogP contribution in [0.4, 0.5) is 5.69 Å². The van der Waals surface area contributed by atoms with Gasteiger partial charge in [0.25, 0.3) is 5.91 Å². The van der Waals surface area contributed by atoms with E-state index in [1.165, 1.54) is 0 Å². The second-order valence-corrected chi connectivity index (χ2v) is 6.27. The molecule has 1 amide bonds. The first-order chi connectivity index (χ1) is 11.4. The van der Waals surface area contributed by atoms with Crippen LogP contribution in [0.2, 0.25) is 15.1 Å². The summed E-state index contributed by atoms with van der Waals surface area (Å²) >= 11 is 18.0. The SMILES string of the molecule is Cc1ccc(NC(=O)COC(=O)Cc2c(Cl)cccc2Cl)cc1Cl. The van der Waals surface area contributed by atoms with Crippen molar-refractivity contribution < 1.29 is 14.3 Å². The third kappa shape index (κ3) is 5.13. The van der Waals surface area contributed by atoms with Crippen molar-refractivity contribution in [3.05, 3.63) is 62.6 Å². The Kier molecular flexibility index (Phi) is 6.49. The zero-order chi connectivity index (χ0) is 17.7. The Morgan fingerprint density at radius 2 is 1.71 bits per heavy atom. The molecule has 0 saturated heterocycles. The van der Waals surface area contributed by atoms with E-state index in [1.807, 2.05) is 6.92 Å². The van der Waals surface area contributed by atoms with Crippen molar-refractivity contribution in [2.45, 2.75) is 13.3 Å². The Bertz CT molecular complexity index is 757. The van der Waals surface area contributed by atoms with Crippen LogP contribution in [0.25, 0.3) is 0 Å². The number of rotatable bonds is 5. The highest BCUT2D eigenvalue weighted by Crippen LogP contribution is 2.25. The summed E-state index contributed by atoms with van der Waals surface area (Å²) in [5.74, 6) is -1.06. The number of carbonyl (C=O) groups excluding carboxylic acids is 2. The number of hydrogen-bond acceptors (Lipinski definition) is 3. The van der Waals surface area contributed by atoms with Gasteiger partial charge in [0, 0.05) is 26.3 Å². The number of nitrogens with one attached hydrogen (secondary N) is 1. The number of amides is 1. The van der Waals surface area contributed by atoms with Crippen LogP contribution in [0, 0.1) is 6.92 Å². The average molecular weight is 387 g/mol. The topological polar surface area (TPSA) is 55.4 Å². The van der Waals surface area contributed by atoms with E-state index in [4.69, 9.17) is 39.5 Å². The molecule has 1 N–H and O–H groups in total. The van der Waals surface area contributed by atoms with Crippen molar-refractivity contribution in [2.75, 3.05) is 11.9 Å². The molecule has 0 aliphatic heterocycles. The van der Waals surface area contributed by atoms with Gasteiger partial charge in [-0.3, -0.25) is 9.59 Å². The van der Waals surface area contributed by atoms with E-state index >= 15 is 0 Å². The molecular weight excluding hydrogens is 373 g/mol. The van der Waals surface area contributed by atoms with Gasteiger partial charge in [-0.05, 0) is 36.8 Å². The van der Waals surface area contributed by atoms with Gasteiger partial charge in [0.1, 0.15) is 0 Å². The first-order valence-electron chi connectivity index (χ1n) is 7.01. The molecule has 0 aliphatic rings. The molecule has 0 bridgehead atoms. The van der Waals surface area contributed by atoms with E-state index in [0.717, 1.165) is 5.56 Å². The highest BCUT2D eigenvalue weighted by atomic mass is 35.5. The minimum Gasteiger partial charge on any atom is -0.455 e. The maximum Gasteiger partial charge on any atom is 0.310 e. The molecule has 2 rings (SSSR count). The molecule has 0 atom stereocenters. The van der Waals surface area contributed by atoms with E-state index < -0.39 is 18.5 Å². The Labute approximate surface area is 154 Å². The van der Waals surface area contributed by atoms with Gasteiger partial charge in [0.2, 0.25) is 0 Å². The van der Waals surface area contributed by atoms with Crippen molar-refractivity contribution in [3.63, 3.8) is 0 Å². The molecule has 2 aromatic carbocycles. The predicted molar refractivity (Wildman–Crippen MR) is 95.9 cm³/mol. The number of esters is 1. The Balaban J connectivity index is 1.87. The summed E-state index contributed by atoms with van der Waals surface area (Å²) in [7, 11) is 0. The van der Waals surface area contributed by atoms with Gasteiger partial charge in [0.15, 0.2) is 6.61 Å². The van der Waals surface area contributed by atoms with E-state index in [1.54, 1.807) is 36.4 Å². The minimum absolute atomic E-state index is 0.109. The van der Waals surface area contributed by atoms with E-state index in [0.29, 0.717) is 26.3 Å². The number of hydrogen-bond donors (Lipinski definition) is 1. The van der Waals surface area contributed by atoms with Crippen LogP contribution in [-0.4, -0.2) is 18.5 Å². The molecule has 2 aromatic rings. The molecule has 24 heavy (non-hydrogen) atoms. The zero-order valence-electron chi connectivity index (χ0n) is 12.7. The van der Waals surface area contributed by atoms with Crippen LogP contribution >= 0.6 is 34.8 Å². The van der Waals surface area contributed by atoms with Crippen LogP contribution < -0.4 is 5.32 Å². The standard InChI is InChI=1S/C17H14Cl3NO3/c1-10-5-6-11(7-15(10)20)21-16(22)9-24-17(23)8-12-13(18)3-2-4-14(12)19/h2-7H,8-9H2,1H3,(H,21,22). The smallest absolute Gasteiger partial charge is 0.310 e. The zero-order valence-corrected chi connectivity index (χ0v) is 15.0. The van der Waals surface area contributed by atoms with Gasteiger partial charge < -0.3 is 10.1 Å². The molecule has 0 fully saturated rings. The maximum atomic E-state index is 11.8. The molecular formula is C17H14Cl3NO3. The van der Waals surface area contributed by atoms with Crippen LogP contribution in [0.3, 0.4) is 0 Å². The van der Waals surface area contributed by atoms with Gasteiger partial charge in [-0.1, -0.05) is 46.9 Å². The van der Waals surface area contributed by atoms with E-state index in [2.05, 4.69) is 5.32 Å². The summed E-state index contributed by atoms with van der Waals surface area (Å²) in [6, 6.07) is 10.1. The van der Waals surface area contributed by atoms with Gasteiger partial charge in [-0.15, -0.1) is 0 Å². The number of aryl methyl sites for hydroxylation is 1. The molecule has 4 nitrogen and oxygen atoms in total. The molecule has 7 heteroatoms. The Morgan fingerprint density at radius 1 is 1.04 bits per heavy atom. The molecule has 126 valence electrons. The quantitative estimate of drug-likeness (QED) is 0.759. The van der Waals surface area contributed by atoms with Gasteiger partial charge >= 0.3 is 5.97 Å². The van der Waals surface area contributed by atoms with Crippen molar-refractivity contribution in [3.8, 4) is 0 Å². The van der Waals surface area contributed by atoms with Crippen molar-refractivity contribution >= 4 is 52.4 Å². The highest BCUT2D eigenvalue weighted by Gasteiger charge is 2.13. The van der Waals surface area contributed by atoms with Crippen LogP contribution in [-0.2, 0) is 20.7 Å². The number of carbonyl (C=O) groups is 2. The molecule has 0 aromatic heterocycles. The number of anilines is 1. The lowest BCUT2D eigenvalue weighted by Crippen LogP contribution is -2.21. The largest absolute Gasteiger partial charge is 0.455 e. The minimum atomic E-state index is -0.595. The summed E-state index contributed by atoms with van der Waals surface area (Å²) in [6.07, 6.45) is -0.109. The maximum absolute atomic E-state index is 11.8. The van der Waals surface area contributed by atoms with Crippen molar-refractivity contribution in [1.82, 2.24) is 0 Å². The molecule has 0 aliphatic carbocycles. The Hall–Kier alpha value is -1.75. The second kappa shape index (κ2) is 8.38. The van der Waals surface area contributed by atoms with Gasteiger partial charge in [-0.2, -0.15) is 0 Å². The first-order valence-corrected chi connectivity index (χ1v) is 8.14. The summed E-state index contributed by atoms with van der Waals surface area (Å²) in [5, 5.41) is 3.89. The first kappa shape index (κ1) is 18.6. The van der Waals surface area contributed by atoms with Crippen LogP contribution in [0.5, 0.6) is 0 Å². The Morgan fingerprint density at radius 3 is 2.33 bits per heavy atom. The third-order valence-electron chi connectivity index (χ3n) is 3.20. The lowest BCUT2D eigenvalue weighted by atomic mass is 10.1. The van der Waals surface area contributed by atoms with E-state index in [9.17, 15) is 9.59 Å². The van der Waals surface area contributed by atoms with Crippen molar-refractivity contribution in [1.29, 1.82) is 0 Å². The molecule has 0 radical (unpaired) electrons. The number of halogens is 3. The highest BCUT2D eigenvalue weighted by molar-refractivity contribution is 6.36. The van der Waals surface area contributed by atoms with Crippen molar-refractivity contribution in [2.24, 2.45) is 0 Å². The summed E-state index contributed by atoms with van der Waals surface area (Å²) in [5.41, 5.74) is 1.90. The molecule has 0 saturated carbocycles. The fourth-order valence-electron chi connectivity index (χ4n) is 1.91. The normalized spacial score (nSPS) is 10.3. The number of ether oxygens (including phenoxy) is 1. The van der Waals surface area contributed by atoms with Crippen LogP contribution in [0.15, 0.2) is 36.4 Å². The third-order valence-corrected chi connectivity index (χ3v) is 4.32. The van der Waals surface area contributed by atoms with E-state index in [-0.39, 0.29) is 6.42 Å². The lowest BCUT2D eigenvalue weighted by molar-refractivity contribution is -0.146. The summed E-state index contributed by atoms with van der Waals surface area (Å²) in [6.45, 7) is 1.45.